The van der Waals surface area contributed by atoms with Crippen LogP contribution in [0.2, 0.25) is 0 Å². The number of halogens is 1. The summed E-state index contributed by atoms with van der Waals surface area (Å²) in [7, 11) is 0. The Labute approximate surface area is 182 Å². The number of benzene rings is 1. The number of aromatic nitrogens is 3. The molecule has 3 amide bonds. The second-order valence-corrected chi connectivity index (χ2v) is 7.63. The van der Waals surface area contributed by atoms with Crippen LogP contribution in [-0.2, 0) is 13.2 Å². The smallest absolute Gasteiger partial charge is 0.319 e. The number of rotatable bonds is 9. The molecule has 0 radical (unpaired) electrons. The van der Waals surface area contributed by atoms with E-state index in [1.165, 1.54) is 0 Å². The number of aryl methyl sites for hydroxylation is 2. The van der Waals surface area contributed by atoms with Gasteiger partial charge in [-0.1, -0.05) is 12.1 Å². The number of carbonyl (C=O) groups is 2. The van der Waals surface area contributed by atoms with Gasteiger partial charge in [0, 0.05) is 25.5 Å². The summed E-state index contributed by atoms with van der Waals surface area (Å²) in [6, 6.07) is 2.92. The van der Waals surface area contributed by atoms with Crippen molar-refractivity contribution in [1.29, 1.82) is 0 Å². The van der Waals surface area contributed by atoms with E-state index in [0.29, 0.717) is 36.2 Å². The quantitative estimate of drug-likeness (QED) is 0.436. The van der Waals surface area contributed by atoms with E-state index in [1.54, 1.807) is 38.5 Å². The molecule has 4 N–H and O–H groups in total. The minimum Gasteiger partial charge on any atom is -0.472 e. The molecule has 0 atom stereocenters. The van der Waals surface area contributed by atoms with Gasteiger partial charge in [-0.15, -0.1) is 0 Å². The lowest BCUT2D eigenvalue weighted by molar-refractivity contribution is 0.0996. The largest absolute Gasteiger partial charge is 0.472 e. The highest BCUT2D eigenvalue weighted by molar-refractivity contribution is 7.11. The number of nitrogens with zero attached hydrogens (tertiary/aromatic N) is 3. The monoisotopic (exact) mass is 446 g/mol. The third-order valence-corrected chi connectivity index (χ3v) is 5.37. The summed E-state index contributed by atoms with van der Waals surface area (Å²) >= 11 is 0.881. The van der Waals surface area contributed by atoms with Gasteiger partial charge in [0.2, 0.25) is 5.88 Å². The van der Waals surface area contributed by atoms with Gasteiger partial charge in [-0.05, 0) is 48.5 Å². The summed E-state index contributed by atoms with van der Waals surface area (Å²) < 4.78 is 25.7. The molecule has 11 heteroatoms. The van der Waals surface area contributed by atoms with Gasteiger partial charge in [0.05, 0.1) is 6.33 Å². The van der Waals surface area contributed by atoms with Crippen LogP contribution in [0.1, 0.15) is 33.5 Å². The van der Waals surface area contributed by atoms with Gasteiger partial charge in [0.15, 0.2) is 0 Å². The molecule has 0 unspecified atom stereocenters. The lowest BCUT2D eigenvalue weighted by Crippen LogP contribution is -2.30. The summed E-state index contributed by atoms with van der Waals surface area (Å²) in [5.41, 5.74) is 7.06. The number of nitrogens with one attached hydrogen (secondary N) is 2. The molecule has 3 aromatic rings. The van der Waals surface area contributed by atoms with E-state index in [2.05, 4.69) is 20.0 Å². The van der Waals surface area contributed by atoms with Crippen molar-refractivity contribution in [2.75, 3.05) is 11.9 Å². The first-order chi connectivity index (χ1) is 14.9. The van der Waals surface area contributed by atoms with E-state index in [0.717, 1.165) is 11.5 Å². The summed E-state index contributed by atoms with van der Waals surface area (Å²) in [4.78, 5) is 28.0. The van der Waals surface area contributed by atoms with Crippen molar-refractivity contribution in [1.82, 2.24) is 19.2 Å². The van der Waals surface area contributed by atoms with Crippen LogP contribution in [0.5, 0.6) is 5.88 Å². The summed E-state index contributed by atoms with van der Waals surface area (Å²) in [5, 5.41) is 5.47. The number of nitrogens with two attached hydrogens (primary N) is 1. The zero-order valence-electron chi connectivity index (χ0n) is 17.1. The van der Waals surface area contributed by atoms with E-state index < -0.39 is 11.9 Å². The van der Waals surface area contributed by atoms with Crippen molar-refractivity contribution in [2.45, 2.75) is 33.4 Å². The number of ether oxygens (including phenoxy) is 1. The SMILES string of the molecule is Cc1ccc(COc2nsc(NC(=O)NCCCn3ccnc3)c2C(N)=O)c(C)c1F. The van der Waals surface area contributed by atoms with Crippen LogP contribution in [0.15, 0.2) is 30.9 Å². The molecule has 0 saturated carbocycles. The Hall–Kier alpha value is -3.47. The molecule has 0 aliphatic rings. The Kier molecular flexibility index (Phi) is 7.19. The number of carbonyl (C=O) groups excluding carboxylic acids is 2. The highest BCUT2D eigenvalue weighted by Crippen LogP contribution is 2.31. The Morgan fingerprint density at radius 2 is 2.13 bits per heavy atom. The lowest BCUT2D eigenvalue weighted by atomic mass is 10.1. The van der Waals surface area contributed by atoms with Gasteiger partial charge < -0.3 is 20.4 Å². The normalized spacial score (nSPS) is 10.7. The Bertz CT molecular complexity index is 1070. The molecule has 2 aromatic heterocycles. The fourth-order valence-electron chi connectivity index (χ4n) is 2.87. The molecule has 2 heterocycles. The van der Waals surface area contributed by atoms with Crippen molar-refractivity contribution in [2.24, 2.45) is 5.73 Å². The summed E-state index contributed by atoms with van der Waals surface area (Å²) in [5.74, 6) is -1.10. The fourth-order valence-corrected chi connectivity index (χ4v) is 3.61. The van der Waals surface area contributed by atoms with Crippen LogP contribution in [0.3, 0.4) is 0 Å². The van der Waals surface area contributed by atoms with Crippen molar-refractivity contribution in [3.05, 3.63) is 58.9 Å². The first kappa shape index (κ1) is 22.2. The van der Waals surface area contributed by atoms with Gasteiger partial charge >= 0.3 is 6.03 Å². The van der Waals surface area contributed by atoms with E-state index in [-0.39, 0.29) is 28.9 Å². The zero-order chi connectivity index (χ0) is 22.4. The number of imidazole rings is 1. The van der Waals surface area contributed by atoms with E-state index >= 15 is 0 Å². The van der Waals surface area contributed by atoms with Gasteiger partial charge in [-0.3, -0.25) is 10.1 Å². The van der Waals surface area contributed by atoms with Crippen molar-refractivity contribution >= 4 is 28.5 Å². The van der Waals surface area contributed by atoms with Crippen LogP contribution >= 0.6 is 11.5 Å². The zero-order valence-corrected chi connectivity index (χ0v) is 18.0. The molecule has 9 nitrogen and oxygen atoms in total. The molecular formula is C20H23FN6O3S. The van der Waals surface area contributed by atoms with Crippen LogP contribution in [-0.4, -0.2) is 32.4 Å². The first-order valence-electron chi connectivity index (χ1n) is 9.54. The molecule has 0 bridgehead atoms. The Morgan fingerprint density at radius 3 is 2.84 bits per heavy atom. The number of hydrogen-bond donors (Lipinski definition) is 3. The third kappa shape index (κ3) is 5.57. The average Bonchev–Trinajstić information content (AvgIpc) is 3.39. The predicted molar refractivity (Wildman–Crippen MR) is 115 cm³/mol. The summed E-state index contributed by atoms with van der Waals surface area (Å²) in [6.07, 6.45) is 5.93. The van der Waals surface area contributed by atoms with E-state index in [9.17, 15) is 14.0 Å². The Morgan fingerprint density at radius 1 is 1.32 bits per heavy atom. The second kappa shape index (κ2) is 10.0. The van der Waals surface area contributed by atoms with Crippen molar-refractivity contribution < 1.29 is 18.7 Å². The minimum absolute atomic E-state index is 0.00621. The molecule has 164 valence electrons. The highest BCUT2D eigenvalue weighted by atomic mass is 32.1. The topological polar surface area (TPSA) is 124 Å². The maximum Gasteiger partial charge on any atom is 0.319 e. The maximum absolute atomic E-state index is 14.1. The molecule has 0 saturated heterocycles. The van der Waals surface area contributed by atoms with Crippen LogP contribution in [0.25, 0.3) is 0 Å². The standard InChI is InChI=1S/C20H23FN6O3S/c1-12-4-5-14(13(2)16(12)21)10-30-18-15(17(22)28)19(31-26-18)25-20(29)24-6-3-8-27-9-7-23-11-27/h4-5,7,9,11H,3,6,8,10H2,1-2H3,(H2,22,28)(H2,24,25,29). The number of primary amides is 1. The van der Waals surface area contributed by atoms with E-state index in [1.807, 2.05) is 10.8 Å². The molecule has 0 aliphatic carbocycles. The molecular weight excluding hydrogens is 423 g/mol. The molecule has 0 fully saturated rings. The lowest BCUT2D eigenvalue weighted by Gasteiger charge is -2.10. The van der Waals surface area contributed by atoms with Crippen molar-refractivity contribution in [3.63, 3.8) is 0 Å². The van der Waals surface area contributed by atoms with Gasteiger partial charge in [0.25, 0.3) is 5.91 Å². The van der Waals surface area contributed by atoms with Crippen LogP contribution in [0, 0.1) is 19.7 Å². The van der Waals surface area contributed by atoms with Crippen LogP contribution < -0.4 is 21.1 Å². The van der Waals surface area contributed by atoms with Gasteiger partial charge in [0.1, 0.15) is 23.0 Å². The first-order valence-corrected chi connectivity index (χ1v) is 10.3. The molecule has 1 aromatic carbocycles. The van der Waals surface area contributed by atoms with Gasteiger partial charge in [-0.2, -0.15) is 4.37 Å². The molecule has 0 aliphatic heterocycles. The second-order valence-electron chi connectivity index (χ2n) is 6.86. The molecule has 3 rings (SSSR count). The van der Waals surface area contributed by atoms with Crippen molar-refractivity contribution in [3.8, 4) is 5.88 Å². The molecule has 0 spiro atoms. The summed E-state index contributed by atoms with van der Waals surface area (Å²) in [6.45, 7) is 4.48. The van der Waals surface area contributed by atoms with Gasteiger partial charge in [-0.25, -0.2) is 14.2 Å². The fraction of sp³-hybridized carbons (Fsp3) is 0.300. The molecule has 31 heavy (non-hydrogen) atoms. The number of urea groups is 1. The predicted octanol–water partition coefficient (Wildman–Crippen LogP) is 2.99. The number of amides is 3. The number of hydrogen-bond acceptors (Lipinski definition) is 6. The van der Waals surface area contributed by atoms with Crippen LogP contribution in [0.4, 0.5) is 14.2 Å². The maximum atomic E-state index is 14.1. The minimum atomic E-state index is -0.786. The average molecular weight is 447 g/mol. The van der Waals surface area contributed by atoms with E-state index in [4.69, 9.17) is 10.5 Å². The Balaban J connectivity index is 1.59. The number of anilines is 1. The third-order valence-electron chi connectivity index (χ3n) is 4.63. The highest BCUT2D eigenvalue weighted by Gasteiger charge is 2.22.